The largest absolute Gasteiger partial charge is 0.423 e. The second-order valence-electron chi connectivity index (χ2n) is 6.33. The Morgan fingerprint density at radius 1 is 1.07 bits per heavy atom. The van der Waals surface area contributed by atoms with Gasteiger partial charge in [0.1, 0.15) is 23.2 Å². The van der Waals surface area contributed by atoms with E-state index in [0.717, 1.165) is 12.8 Å². The Labute approximate surface area is 173 Å². The van der Waals surface area contributed by atoms with Crippen LogP contribution in [0.15, 0.2) is 46.6 Å². The molecule has 0 bridgehead atoms. The lowest BCUT2D eigenvalue weighted by Gasteiger charge is -2.12. The van der Waals surface area contributed by atoms with E-state index in [2.05, 4.69) is 20.5 Å². The molecule has 0 aliphatic carbocycles. The van der Waals surface area contributed by atoms with Gasteiger partial charge in [-0.1, -0.05) is 18.6 Å². The summed E-state index contributed by atoms with van der Waals surface area (Å²) in [6.45, 7) is 0.374. The number of esters is 1. The third-order valence-electron chi connectivity index (χ3n) is 3.97. The van der Waals surface area contributed by atoms with Gasteiger partial charge in [-0.25, -0.2) is 9.78 Å². The zero-order valence-corrected chi connectivity index (χ0v) is 16.5. The van der Waals surface area contributed by atoms with Crippen LogP contribution in [0, 0.1) is 0 Å². The zero-order valence-electron chi connectivity index (χ0n) is 16.5. The molecule has 2 rings (SSSR count). The molecule has 11 nitrogen and oxygen atoms in total. The van der Waals surface area contributed by atoms with Crippen molar-refractivity contribution in [3.8, 4) is 5.75 Å². The minimum atomic E-state index is -0.752. The van der Waals surface area contributed by atoms with Crippen LogP contribution in [0.2, 0.25) is 0 Å². The van der Waals surface area contributed by atoms with Gasteiger partial charge < -0.3 is 33.0 Å². The zero-order chi connectivity index (χ0) is 21.9. The number of hydrogen-bond donors (Lipinski definition) is 5. The minimum Gasteiger partial charge on any atom is -0.423 e. The molecule has 0 unspecified atom stereocenters. The molecule has 9 N–H and O–H groups in total. The number of carbonyl (C=O) groups excluding carboxylic acids is 2. The summed E-state index contributed by atoms with van der Waals surface area (Å²) in [5, 5.41) is 10.6. The van der Waals surface area contributed by atoms with Crippen LogP contribution in [0.4, 0.5) is 23.0 Å². The number of pyridine rings is 1. The smallest absolute Gasteiger partial charge is 0.328 e. The highest BCUT2D eigenvalue weighted by Gasteiger charge is 2.17. The molecule has 1 aromatic heterocycles. The fourth-order valence-electron chi connectivity index (χ4n) is 2.36. The van der Waals surface area contributed by atoms with Gasteiger partial charge in [-0.05, 0) is 43.7 Å². The van der Waals surface area contributed by atoms with Gasteiger partial charge in [0.15, 0.2) is 11.6 Å². The van der Waals surface area contributed by atoms with E-state index in [-0.39, 0.29) is 29.6 Å². The van der Waals surface area contributed by atoms with E-state index in [1.54, 1.807) is 30.3 Å². The third kappa shape index (κ3) is 6.88. The number of nitrogens with zero attached hydrogens (tertiary/aromatic N) is 3. The van der Waals surface area contributed by atoms with Crippen molar-refractivity contribution >= 4 is 34.9 Å². The van der Waals surface area contributed by atoms with Crippen molar-refractivity contribution in [2.45, 2.75) is 25.3 Å². The monoisotopic (exact) mass is 414 g/mol. The molecule has 30 heavy (non-hydrogen) atoms. The van der Waals surface area contributed by atoms with Crippen molar-refractivity contribution in [2.24, 2.45) is 27.4 Å². The molecule has 160 valence electrons. The van der Waals surface area contributed by atoms with E-state index in [4.69, 9.17) is 27.7 Å². The second-order valence-corrected chi connectivity index (χ2v) is 6.33. The van der Waals surface area contributed by atoms with E-state index in [1.165, 1.54) is 6.07 Å². The summed E-state index contributed by atoms with van der Waals surface area (Å²) in [7, 11) is 0. The summed E-state index contributed by atoms with van der Waals surface area (Å²) in [4.78, 5) is 27.6. The Balaban J connectivity index is 2.09. The predicted octanol–water partition coefficient (Wildman–Crippen LogP) is 1.34. The number of hydrogen-bond acceptors (Lipinski definition) is 10. The van der Waals surface area contributed by atoms with Crippen LogP contribution >= 0.6 is 0 Å². The Morgan fingerprint density at radius 2 is 1.80 bits per heavy atom. The summed E-state index contributed by atoms with van der Waals surface area (Å²) in [6, 6.07) is 8.95. The van der Waals surface area contributed by atoms with Gasteiger partial charge in [0.2, 0.25) is 5.91 Å². The number of nitrogen functional groups attached to an aromatic ring is 1. The first-order chi connectivity index (χ1) is 14.4. The lowest BCUT2D eigenvalue weighted by molar-refractivity contribution is -0.136. The van der Waals surface area contributed by atoms with Crippen molar-refractivity contribution in [3.63, 3.8) is 0 Å². The number of anilines is 2. The van der Waals surface area contributed by atoms with Gasteiger partial charge in [0.05, 0.1) is 6.54 Å². The SMILES string of the molecule is NCCCC[C@H](N)C(=O)Oc1ccccc1/N=N/c1ccc(NC(=O)CN)nc1N. The van der Waals surface area contributed by atoms with Gasteiger partial charge in [-0.3, -0.25) is 4.79 Å². The summed E-state index contributed by atoms with van der Waals surface area (Å²) in [5.41, 5.74) is 23.0. The van der Waals surface area contributed by atoms with Crippen LogP contribution in [0.3, 0.4) is 0 Å². The maximum absolute atomic E-state index is 12.2. The van der Waals surface area contributed by atoms with Gasteiger partial charge in [-0.2, -0.15) is 0 Å². The summed E-state index contributed by atoms with van der Waals surface area (Å²) in [5.74, 6) is -0.423. The number of amides is 1. The standard InChI is InChI=1S/C19H26N8O3/c20-10-4-3-5-12(22)19(29)30-15-7-2-1-6-13(15)26-27-14-8-9-16(25-18(14)23)24-17(28)11-21/h1-2,6-9,12H,3-5,10-11,20-22H2,(H3,23,24,25,28)/b27-26+/t12-/m0/s1. The lowest BCUT2D eigenvalue weighted by Crippen LogP contribution is -2.34. The molecule has 0 saturated heterocycles. The highest BCUT2D eigenvalue weighted by atomic mass is 16.5. The fourth-order valence-corrected chi connectivity index (χ4v) is 2.36. The lowest BCUT2D eigenvalue weighted by atomic mass is 10.1. The quantitative estimate of drug-likeness (QED) is 0.166. The number of benzene rings is 1. The number of nitrogens with two attached hydrogens (primary N) is 4. The van der Waals surface area contributed by atoms with Crippen molar-refractivity contribution in [2.75, 3.05) is 24.1 Å². The molecule has 0 aliphatic rings. The van der Waals surface area contributed by atoms with Crippen LogP contribution in [-0.2, 0) is 9.59 Å². The molecule has 0 fully saturated rings. The predicted molar refractivity (Wildman–Crippen MR) is 113 cm³/mol. The van der Waals surface area contributed by atoms with Crippen molar-refractivity contribution in [1.82, 2.24) is 4.98 Å². The highest BCUT2D eigenvalue weighted by molar-refractivity contribution is 5.91. The van der Waals surface area contributed by atoms with Crippen LogP contribution in [0.1, 0.15) is 19.3 Å². The van der Waals surface area contributed by atoms with E-state index in [0.29, 0.717) is 18.7 Å². The number of rotatable bonds is 10. The molecule has 0 radical (unpaired) electrons. The minimum absolute atomic E-state index is 0.0602. The molecule has 0 spiro atoms. The third-order valence-corrected chi connectivity index (χ3v) is 3.97. The number of azo groups is 1. The van der Waals surface area contributed by atoms with Crippen molar-refractivity contribution < 1.29 is 14.3 Å². The molecular weight excluding hydrogens is 388 g/mol. The van der Waals surface area contributed by atoms with E-state index in [1.807, 2.05) is 0 Å². The number of unbranched alkanes of at least 4 members (excludes halogenated alkanes) is 1. The molecule has 1 heterocycles. The van der Waals surface area contributed by atoms with Crippen LogP contribution in [0.5, 0.6) is 5.75 Å². The molecule has 11 heteroatoms. The number of ether oxygens (including phenoxy) is 1. The Hall–Kier alpha value is -3.41. The molecular formula is C19H26N8O3. The van der Waals surface area contributed by atoms with E-state index in [9.17, 15) is 9.59 Å². The molecule has 2 aromatic rings. The normalized spacial score (nSPS) is 12.0. The number of carbonyl (C=O) groups is 2. The van der Waals surface area contributed by atoms with Crippen molar-refractivity contribution in [1.29, 1.82) is 0 Å². The topological polar surface area (TPSA) is 197 Å². The first kappa shape index (κ1) is 22.9. The maximum Gasteiger partial charge on any atom is 0.328 e. The molecule has 0 aliphatic heterocycles. The Bertz CT molecular complexity index is 903. The van der Waals surface area contributed by atoms with Crippen LogP contribution in [-0.4, -0.2) is 36.0 Å². The number of aromatic nitrogens is 1. The summed E-state index contributed by atoms with van der Waals surface area (Å²) < 4.78 is 5.38. The highest BCUT2D eigenvalue weighted by Crippen LogP contribution is 2.30. The van der Waals surface area contributed by atoms with Gasteiger partial charge in [0.25, 0.3) is 0 Å². The first-order valence-electron chi connectivity index (χ1n) is 9.39. The van der Waals surface area contributed by atoms with Crippen LogP contribution in [0.25, 0.3) is 0 Å². The number of nitrogens with one attached hydrogen (secondary N) is 1. The summed E-state index contributed by atoms with van der Waals surface area (Å²) >= 11 is 0. The van der Waals surface area contributed by atoms with Crippen molar-refractivity contribution in [3.05, 3.63) is 36.4 Å². The van der Waals surface area contributed by atoms with Gasteiger partial charge in [-0.15, -0.1) is 10.2 Å². The summed E-state index contributed by atoms with van der Waals surface area (Å²) in [6.07, 6.45) is 2.01. The Kier molecular flexibility index (Phi) is 8.81. The average molecular weight is 414 g/mol. The van der Waals surface area contributed by atoms with Gasteiger partial charge in [0, 0.05) is 0 Å². The fraction of sp³-hybridized carbons (Fsp3) is 0.316. The Morgan fingerprint density at radius 3 is 2.50 bits per heavy atom. The van der Waals surface area contributed by atoms with Crippen LogP contribution < -0.4 is 33.0 Å². The maximum atomic E-state index is 12.2. The molecule has 1 aromatic carbocycles. The second kappa shape index (κ2) is 11.6. The molecule has 1 amide bonds. The van der Waals surface area contributed by atoms with Gasteiger partial charge >= 0.3 is 5.97 Å². The number of para-hydroxylation sites is 1. The average Bonchev–Trinajstić information content (AvgIpc) is 2.74. The molecule has 1 atom stereocenters. The molecule has 0 saturated carbocycles. The van der Waals surface area contributed by atoms with E-state index >= 15 is 0 Å². The first-order valence-corrected chi connectivity index (χ1v) is 9.39. The van der Waals surface area contributed by atoms with E-state index < -0.39 is 17.9 Å².